The van der Waals surface area contributed by atoms with Gasteiger partial charge in [-0.05, 0) is 37.5 Å². The van der Waals surface area contributed by atoms with Crippen LogP contribution in [0.4, 0.5) is 5.69 Å². The zero-order chi connectivity index (χ0) is 15.6. The lowest BCUT2D eigenvalue weighted by molar-refractivity contribution is -0.121. The van der Waals surface area contributed by atoms with E-state index in [1.54, 1.807) is 13.0 Å². The quantitative estimate of drug-likeness (QED) is 0.877. The van der Waals surface area contributed by atoms with Gasteiger partial charge in [-0.1, -0.05) is 13.0 Å². The Hall–Kier alpha value is -1.44. The van der Waals surface area contributed by atoms with Crippen molar-refractivity contribution >= 4 is 21.6 Å². The molecule has 0 radical (unpaired) electrons. The van der Waals surface area contributed by atoms with Crippen molar-refractivity contribution in [1.82, 2.24) is 0 Å². The zero-order valence-electron chi connectivity index (χ0n) is 12.1. The van der Waals surface area contributed by atoms with Gasteiger partial charge in [0.1, 0.15) is 0 Å². The number of amides is 1. The van der Waals surface area contributed by atoms with Crippen LogP contribution < -0.4 is 10.5 Å². The fourth-order valence-corrected chi connectivity index (χ4v) is 3.03. The van der Waals surface area contributed by atoms with E-state index in [1.165, 1.54) is 12.1 Å². The van der Waals surface area contributed by atoms with E-state index in [4.69, 9.17) is 9.88 Å². The molecule has 0 bridgehead atoms. The Kier molecular flexibility index (Phi) is 4.65. The number of aryl methyl sites for hydroxylation is 1. The number of carbonyl (C=O) groups is 1. The maximum absolute atomic E-state index is 12.3. The molecule has 0 spiro atoms. The molecule has 1 aromatic rings. The molecule has 1 aliphatic heterocycles. The highest BCUT2D eigenvalue weighted by atomic mass is 32.2. The van der Waals surface area contributed by atoms with Crippen LogP contribution in [0.5, 0.6) is 0 Å². The number of benzene rings is 1. The molecule has 0 aromatic heterocycles. The summed E-state index contributed by atoms with van der Waals surface area (Å²) < 4.78 is 28.3. The van der Waals surface area contributed by atoms with Crippen LogP contribution in [0.25, 0.3) is 0 Å². The van der Waals surface area contributed by atoms with Crippen LogP contribution in [-0.4, -0.2) is 27.0 Å². The van der Waals surface area contributed by atoms with Gasteiger partial charge >= 0.3 is 0 Å². The van der Waals surface area contributed by atoms with E-state index >= 15 is 0 Å². The zero-order valence-corrected chi connectivity index (χ0v) is 12.9. The first-order chi connectivity index (χ1) is 9.82. The first-order valence-electron chi connectivity index (χ1n) is 6.89. The number of sulfonamides is 1. The largest absolute Gasteiger partial charge is 0.377 e. The van der Waals surface area contributed by atoms with Crippen LogP contribution in [-0.2, 0) is 19.6 Å². The van der Waals surface area contributed by atoms with Gasteiger partial charge in [0.2, 0.25) is 15.9 Å². The lowest BCUT2D eigenvalue weighted by Crippen LogP contribution is -2.29. The smallest absolute Gasteiger partial charge is 0.238 e. The summed E-state index contributed by atoms with van der Waals surface area (Å²) in [7, 11) is -3.79. The van der Waals surface area contributed by atoms with E-state index in [2.05, 4.69) is 5.32 Å². The van der Waals surface area contributed by atoms with E-state index in [0.717, 1.165) is 12.0 Å². The minimum absolute atomic E-state index is 0.0156. The molecule has 1 heterocycles. The van der Waals surface area contributed by atoms with Gasteiger partial charge in [-0.15, -0.1) is 0 Å². The molecule has 2 atom stereocenters. The number of anilines is 1. The monoisotopic (exact) mass is 312 g/mol. The van der Waals surface area contributed by atoms with Crippen molar-refractivity contribution < 1.29 is 17.9 Å². The Morgan fingerprint density at radius 3 is 2.81 bits per heavy atom. The molecular weight excluding hydrogens is 292 g/mol. The van der Waals surface area contributed by atoms with Crippen molar-refractivity contribution in [1.29, 1.82) is 0 Å². The normalized spacial score (nSPS) is 22.2. The number of nitrogens with one attached hydrogen (secondary N) is 1. The van der Waals surface area contributed by atoms with Gasteiger partial charge in [-0.25, -0.2) is 13.6 Å². The van der Waals surface area contributed by atoms with E-state index in [0.29, 0.717) is 18.7 Å². The highest BCUT2D eigenvalue weighted by Crippen LogP contribution is 2.26. The standard InChI is InChI=1S/C14H20N2O4S/c1-3-13-11(6-7-20-13)14(17)16-12-8-10(21(15,18)19)5-4-9(12)2/h4-5,8,11,13H,3,6-7H2,1-2H3,(H,16,17)(H2,15,18,19). The predicted octanol–water partition coefficient (Wildman–Crippen LogP) is 1.40. The van der Waals surface area contributed by atoms with Gasteiger partial charge in [-0.2, -0.15) is 0 Å². The number of rotatable bonds is 4. The van der Waals surface area contributed by atoms with Crippen LogP contribution in [0.3, 0.4) is 0 Å². The lowest BCUT2D eigenvalue weighted by Gasteiger charge is -2.17. The van der Waals surface area contributed by atoms with Crippen LogP contribution in [0.1, 0.15) is 25.3 Å². The van der Waals surface area contributed by atoms with Gasteiger partial charge in [0, 0.05) is 12.3 Å². The second kappa shape index (κ2) is 6.13. The molecule has 3 N–H and O–H groups in total. The SMILES string of the molecule is CCC1OCCC1C(=O)Nc1cc(S(N)(=O)=O)ccc1C. The number of ether oxygens (including phenoxy) is 1. The Balaban J connectivity index is 2.21. The van der Waals surface area contributed by atoms with Crippen LogP contribution in [0.15, 0.2) is 23.1 Å². The third-order valence-corrected chi connectivity index (χ3v) is 4.66. The molecule has 0 aliphatic carbocycles. The molecule has 1 aliphatic rings. The molecule has 2 rings (SSSR count). The molecule has 2 unspecified atom stereocenters. The molecule has 1 saturated heterocycles. The Morgan fingerprint density at radius 1 is 1.48 bits per heavy atom. The first kappa shape index (κ1) is 15.9. The summed E-state index contributed by atoms with van der Waals surface area (Å²) in [5, 5.41) is 7.90. The molecule has 0 saturated carbocycles. The van der Waals surface area contributed by atoms with Crippen LogP contribution in [0.2, 0.25) is 0 Å². The number of hydrogen-bond acceptors (Lipinski definition) is 4. The topological polar surface area (TPSA) is 98.5 Å². The fraction of sp³-hybridized carbons (Fsp3) is 0.500. The van der Waals surface area contributed by atoms with Crippen molar-refractivity contribution in [2.75, 3.05) is 11.9 Å². The van der Waals surface area contributed by atoms with E-state index in [-0.39, 0.29) is 22.8 Å². The van der Waals surface area contributed by atoms with Gasteiger partial charge in [0.15, 0.2) is 0 Å². The molecule has 6 nitrogen and oxygen atoms in total. The van der Waals surface area contributed by atoms with Crippen LogP contribution in [0, 0.1) is 12.8 Å². The Bertz CT molecular complexity index is 642. The predicted molar refractivity (Wildman–Crippen MR) is 79.3 cm³/mol. The molecule has 1 fully saturated rings. The molecule has 116 valence electrons. The molecule has 1 amide bonds. The van der Waals surface area contributed by atoms with Gasteiger partial charge in [0.25, 0.3) is 0 Å². The fourth-order valence-electron chi connectivity index (χ4n) is 2.49. The van der Waals surface area contributed by atoms with Gasteiger partial charge < -0.3 is 10.1 Å². The van der Waals surface area contributed by atoms with Crippen molar-refractivity contribution in [3.8, 4) is 0 Å². The summed E-state index contributed by atoms with van der Waals surface area (Å²) in [5.41, 5.74) is 1.25. The number of carbonyl (C=O) groups excluding carboxylic acids is 1. The summed E-state index contributed by atoms with van der Waals surface area (Å²) in [4.78, 5) is 12.3. The average molecular weight is 312 g/mol. The maximum Gasteiger partial charge on any atom is 0.238 e. The van der Waals surface area contributed by atoms with Crippen molar-refractivity contribution in [3.63, 3.8) is 0 Å². The third-order valence-electron chi connectivity index (χ3n) is 3.74. The van der Waals surface area contributed by atoms with E-state index in [9.17, 15) is 13.2 Å². The highest BCUT2D eigenvalue weighted by Gasteiger charge is 2.33. The van der Waals surface area contributed by atoms with Gasteiger partial charge in [0.05, 0.1) is 16.9 Å². The van der Waals surface area contributed by atoms with E-state index < -0.39 is 10.0 Å². The maximum atomic E-state index is 12.3. The average Bonchev–Trinajstić information content (AvgIpc) is 2.88. The molecular formula is C14H20N2O4S. The summed E-state index contributed by atoms with van der Waals surface area (Å²) in [6, 6.07) is 4.44. The summed E-state index contributed by atoms with van der Waals surface area (Å²) >= 11 is 0. The number of nitrogens with two attached hydrogens (primary N) is 1. The van der Waals surface area contributed by atoms with E-state index in [1.807, 2.05) is 6.92 Å². The second-order valence-corrected chi connectivity index (χ2v) is 6.79. The Morgan fingerprint density at radius 2 is 2.19 bits per heavy atom. The number of hydrogen-bond donors (Lipinski definition) is 2. The lowest BCUT2D eigenvalue weighted by atomic mass is 9.98. The van der Waals surface area contributed by atoms with Crippen molar-refractivity contribution in [2.24, 2.45) is 11.1 Å². The van der Waals surface area contributed by atoms with Gasteiger partial charge in [-0.3, -0.25) is 4.79 Å². The minimum Gasteiger partial charge on any atom is -0.377 e. The summed E-state index contributed by atoms with van der Waals surface area (Å²) in [6.07, 6.45) is 1.37. The molecule has 21 heavy (non-hydrogen) atoms. The van der Waals surface area contributed by atoms with Crippen LogP contribution >= 0.6 is 0 Å². The number of primary sulfonamides is 1. The van der Waals surface area contributed by atoms with Crippen molar-refractivity contribution in [3.05, 3.63) is 23.8 Å². The summed E-state index contributed by atoms with van der Waals surface area (Å²) in [5.74, 6) is -0.346. The first-order valence-corrected chi connectivity index (χ1v) is 8.43. The third kappa shape index (κ3) is 3.61. The Labute approximate surface area is 124 Å². The van der Waals surface area contributed by atoms with Crippen molar-refractivity contribution in [2.45, 2.75) is 37.7 Å². The highest BCUT2D eigenvalue weighted by molar-refractivity contribution is 7.89. The minimum atomic E-state index is -3.79. The second-order valence-electron chi connectivity index (χ2n) is 5.22. The molecule has 1 aromatic carbocycles. The molecule has 7 heteroatoms. The summed E-state index contributed by atoms with van der Waals surface area (Å²) in [6.45, 7) is 4.35.